The monoisotopic (exact) mass is 229 g/mol. The number of halogens is 1. The maximum atomic E-state index is 12.7. The van der Waals surface area contributed by atoms with E-state index in [2.05, 4.69) is 0 Å². The van der Waals surface area contributed by atoms with E-state index in [-0.39, 0.29) is 11.7 Å². The molecule has 0 radical (unpaired) electrons. The van der Waals surface area contributed by atoms with E-state index in [0.717, 1.165) is 5.56 Å². The maximum absolute atomic E-state index is 12.7. The van der Waals surface area contributed by atoms with Crippen molar-refractivity contribution < 1.29 is 8.60 Å². The molecule has 1 rings (SSSR count). The molecule has 0 saturated heterocycles. The zero-order valence-corrected chi connectivity index (χ0v) is 9.98. The Morgan fingerprint density at radius 1 is 1.33 bits per heavy atom. The summed E-state index contributed by atoms with van der Waals surface area (Å²) in [7, 11) is -1.41. The molecule has 0 bridgehead atoms. The summed E-state index contributed by atoms with van der Waals surface area (Å²) in [6.45, 7) is 5.63. The molecule has 0 aromatic heterocycles. The van der Waals surface area contributed by atoms with Crippen LogP contribution in [0.2, 0.25) is 0 Å². The molecule has 15 heavy (non-hydrogen) atoms. The van der Waals surface area contributed by atoms with E-state index in [1.807, 2.05) is 20.8 Å². The SMILES string of the molecule is CC(c1ccc(F)cc1)C(C)(C)S(N)=O. The minimum Gasteiger partial charge on any atom is -0.251 e. The van der Waals surface area contributed by atoms with Crippen molar-refractivity contribution in [3.63, 3.8) is 0 Å². The van der Waals surface area contributed by atoms with Crippen molar-refractivity contribution in [1.82, 2.24) is 0 Å². The third-order valence-electron chi connectivity index (χ3n) is 2.93. The Morgan fingerprint density at radius 2 is 1.80 bits per heavy atom. The Bertz CT molecular complexity index is 361. The van der Waals surface area contributed by atoms with Crippen LogP contribution in [0, 0.1) is 5.82 Å². The van der Waals surface area contributed by atoms with Crippen molar-refractivity contribution in [2.75, 3.05) is 0 Å². The molecule has 2 atom stereocenters. The second-order valence-corrected chi connectivity index (χ2v) is 5.82. The quantitative estimate of drug-likeness (QED) is 0.849. The largest absolute Gasteiger partial charge is 0.251 e. The molecule has 0 aliphatic rings. The molecule has 1 aromatic rings. The highest BCUT2D eigenvalue weighted by atomic mass is 32.2. The average molecular weight is 229 g/mol. The first-order valence-electron chi connectivity index (χ1n) is 4.77. The normalized spacial score (nSPS) is 16.1. The van der Waals surface area contributed by atoms with E-state index in [1.165, 1.54) is 12.1 Å². The van der Waals surface area contributed by atoms with Crippen LogP contribution in [0.3, 0.4) is 0 Å². The summed E-state index contributed by atoms with van der Waals surface area (Å²) in [4.78, 5) is 0. The molecular formula is C11H16FNOS. The average Bonchev–Trinajstić information content (AvgIpc) is 2.17. The lowest BCUT2D eigenvalue weighted by atomic mass is 9.89. The molecule has 0 saturated carbocycles. The molecule has 4 heteroatoms. The predicted octanol–water partition coefficient (Wildman–Crippen LogP) is 2.33. The highest BCUT2D eigenvalue weighted by molar-refractivity contribution is 7.84. The second kappa shape index (κ2) is 4.41. The van der Waals surface area contributed by atoms with Gasteiger partial charge in [-0.1, -0.05) is 19.1 Å². The number of nitrogens with two attached hydrogens (primary N) is 1. The maximum Gasteiger partial charge on any atom is 0.123 e. The molecule has 0 spiro atoms. The molecule has 2 N–H and O–H groups in total. The Hall–Kier alpha value is -0.740. The van der Waals surface area contributed by atoms with E-state index in [4.69, 9.17) is 5.14 Å². The lowest BCUT2D eigenvalue weighted by Gasteiger charge is -2.29. The first kappa shape index (κ1) is 12.3. The highest BCUT2D eigenvalue weighted by Crippen LogP contribution is 2.31. The molecule has 0 amide bonds. The summed E-state index contributed by atoms with van der Waals surface area (Å²) in [5.74, 6) is -0.249. The highest BCUT2D eigenvalue weighted by Gasteiger charge is 2.31. The van der Waals surface area contributed by atoms with E-state index < -0.39 is 15.7 Å². The molecule has 2 nitrogen and oxygen atoms in total. The predicted molar refractivity (Wildman–Crippen MR) is 61.2 cm³/mol. The van der Waals surface area contributed by atoms with Crippen molar-refractivity contribution in [3.8, 4) is 0 Å². The molecule has 84 valence electrons. The minimum atomic E-state index is -1.41. The van der Waals surface area contributed by atoms with Crippen molar-refractivity contribution >= 4 is 11.0 Å². The van der Waals surface area contributed by atoms with Crippen molar-refractivity contribution in [3.05, 3.63) is 35.6 Å². The lowest BCUT2D eigenvalue weighted by Crippen LogP contribution is -2.37. The van der Waals surface area contributed by atoms with Gasteiger partial charge in [-0.25, -0.2) is 8.60 Å². The van der Waals surface area contributed by atoms with Crippen LogP contribution >= 0.6 is 0 Å². The van der Waals surface area contributed by atoms with Gasteiger partial charge in [-0.2, -0.15) is 0 Å². The summed E-state index contributed by atoms with van der Waals surface area (Å²) < 4.78 is 23.6. The molecule has 0 aliphatic carbocycles. The van der Waals surface area contributed by atoms with Gasteiger partial charge in [-0.3, -0.25) is 5.14 Å². The van der Waals surface area contributed by atoms with Gasteiger partial charge in [0, 0.05) is 0 Å². The van der Waals surface area contributed by atoms with E-state index in [1.54, 1.807) is 12.1 Å². The van der Waals surface area contributed by atoms with Crippen molar-refractivity contribution in [1.29, 1.82) is 0 Å². The van der Waals surface area contributed by atoms with E-state index in [0.29, 0.717) is 0 Å². The van der Waals surface area contributed by atoms with Crippen LogP contribution in [0.15, 0.2) is 24.3 Å². The van der Waals surface area contributed by atoms with Gasteiger partial charge in [0.2, 0.25) is 0 Å². The topological polar surface area (TPSA) is 43.1 Å². The van der Waals surface area contributed by atoms with Crippen LogP contribution in [-0.4, -0.2) is 8.96 Å². The zero-order chi connectivity index (χ0) is 11.6. The van der Waals surface area contributed by atoms with Gasteiger partial charge >= 0.3 is 0 Å². The van der Waals surface area contributed by atoms with Crippen LogP contribution in [0.25, 0.3) is 0 Å². The standard InChI is InChI=1S/C11H16FNOS/c1-8(11(2,3)15(13)14)9-4-6-10(12)7-5-9/h4-8H,13H2,1-3H3. The molecule has 0 aliphatic heterocycles. The first-order valence-corrected chi connectivity index (χ1v) is 5.98. The number of rotatable bonds is 3. The smallest absolute Gasteiger partial charge is 0.123 e. The van der Waals surface area contributed by atoms with Crippen LogP contribution in [-0.2, 0) is 11.0 Å². The van der Waals surface area contributed by atoms with E-state index >= 15 is 0 Å². The van der Waals surface area contributed by atoms with Crippen molar-refractivity contribution in [2.24, 2.45) is 5.14 Å². The summed E-state index contributed by atoms with van der Waals surface area (Å²) in [6.07, 6.45) is 0. The number of benzene rings is 1. The van der Waals surface area contributed by atoms with Gasteiger partial charge in [0.15, 0.2) is 0 Å². The Labute approximate surface area is 92.3 Å². The van der Waals surface area contributed by atoms with E-state index in [9.17, 15) is 8.60 Å². The number of hydrogen-bond acceptors (Lipinski definition) is 1. The van der Waals surface area contributed by atoms with Gasteiger partial charge in [-0.05, 0) is 37.5 Å². The van der Waals surface area contributed by atoms with Crippen molar-refractivity contribution in [2.45, 2.75) is 31.4 Å². The molecule has 2 unspecified atom stereocenters. The fourth-order valence-corrected chi connectivity index (χ4v) is 1.81. The van der Waals surface area contributed by atoms with Gasteiger partial charge in [-0.15, -0.1) is 0 Å². The summed E-state index contributed by atoms with van der Waals surface area (Å²) in [5, 5.41) is 5.44. The van der Waals surface area contributed by atoms with Gasteiger partial charge in [0.25, 0.3) is 0 Å². The fourth-order valence-electron chi connectivity index (χ4n) is 1.33. The molecular weight excluding hydrogens is 213 g/mol. The third-order valence-corrected chi connectivity index (χ3v) is 4.32. The van der Waals surface area contributed by atoms with Crippen LogP contribution in [0.5, 0.6) is 0 Å². The molecule has 0 heterocycles. The fraction of sp³-hybridized carbons (Fsp3) is 0.455. The summed E-state index contributed by atoms with van der Waals surface area (Å²) in [5.41, 5.74) is 0.945. The summed E-state index contributed by atoms with van der Waals surface area (Å²) >= 11 is 0. The minimum absolute atomic E-state index is 0.0175. The summed E-state index contributed by atoms with van der Waals surface area (Å²) in [6, 6.07) is 6.21. The molecule has 0 fully saturated rings. The van der Waals surface area contributed by atoms with Gasteiger partial charge in [0.1, 0.15) is 5.82 Å². The first-order chi connectivity index (χ1) is 6.85. The second-order valence-electron chi connectivity index (χ2n) is 4.17. The Balaban J connectivity index is 2.99. The number of hydrogen-bond donors (Lipinski definition) is 1. The van der Waals surface area contributed by atoms with Crippen LogP contribution in [0.4, 0.5) is 4.39 Å². The molecule has 1 aromatic carbocycles. The lowest BCUT2D eigenvalue weighted by molar-refractivity contribution is 0.551. The van der Waals surface area contributed by atoms with Gasteiger partial charge in [0.05, 0.1) is 15.7 Å². The third kappa shape index (κ3) is 2.63. The Kier molecular flexibility index (Phi) is 3.62. The van der Waals surface area contributed by atoms with Crippen LogP contribution < -0.4 is 5.14 Å². The van der Waals surface area contributed by atoms with Gasteiger partial charge < -0.3 is 0 Å². The van der Waals surface area contributed by atoms with Crippen LogP contribution in [0.1, 0.15) is 32.3 Å². The zero-order valence-electron chi connectivity index (χ0n) is 9.16. The Morgan fingerprint density at radius 3 is 2.20 bits per heavy atom.